The van der Waals surface area contributed by atoms with E-state index >= 15 is 0 Å². The van der Waals surface area contributed by atoms with Crippen LogP contribution in [-0.4, -0.2) is 35.3 Å². The third-order valence-corrected chi connectivity index (χ3v) is 3.72. The molecule has 0 aromatic carbocycles. The van der Waals surface area contributed by atoms with Crippen molar-refractivity contribution >= 4 is 11.6 Å². The van der Waals surface area contributed by atoms with Gasteiger partial charge in [-0.25, -0.2) is 5.01 Å². The van der Waals surface area contributed by atoms with Gasteiger partial charge in [0, 0.05) is 24.5 Å². The number of carbonyl (C=O) groups is 1. The van der Waals surface area contributed by atoms with Gasteiger partial charge < -0.3 is 5.43 Å². The van der Waals surface area contributed by atoms with E-state index in [0.29, 0.717) is 17.8 Å². The van der Waals surface area contributed by atoms with Gasteiger partial charge in [0.1, 0.15) is 5.71 Å². The van der Waals surface area contributed by atoms with Crippen LogP contribution in [0.15, 0.2) is 5.10 Å². The number of piperidine rings is 1. The first-order valence-corrected chi connectivity index (χ1v) is 6.49. The Kier molecular flexibility index (Phi) is 3.66. The molecule has 1 unspecified atom stereocenters. The average molecular weight is 238 g/mol. The number of hydrazine groups is 1. The predicted molar refractivity (Wildman–Crippen MR) is 67.4 cm³/mol. The fraction of sp³-hybridized carbons (Fsp3) is 0.833. The SMILES string of the molecule is CC1CNN=C1C(=O)NN1[C@H](C)CCC[C@@H]1C. The molecule has 1 saturated heterocycles. The summed E-state index contributed by atoms with van der Waals surface area (Å²) >= 11 is 0. The lowest BCUT2D eigenvalue weighted by Crippen LogP contribution is -2.55. The summed E-state index contributed by atoms with van der Waals surface area (Å²) in [5, 5.41) is 6.14. The Morgan fingerprint density at radius 2 is 2.00 bits per heavy atom. The molecule has 1 fully saturated rings. The van der Waals surface area contributed by atoms with Crippen molar-refractivity contribution in [3.8, 4) is 0 Å². The van der Waals surface area contributed by atoms with Crippen LogP contribution in [0.1, 0.15) is 40.0 Å². The molecule has 0 bridgehead atoms. The van der Waals surface area contributed by atoms with E-state index in [1.54, 1.807) is 0 Å². The minimum Gasteiger partial charge on any atom is -0.309 e. The van der Waals surface area contributed by atoms with E-state index in [0.717, 1.165) is 19.4 Å². The van der Waals surface area contributed by atoms with E-state index in [9.17, 15) is 4.79 Å². The Morgan fingerprint density at radius 1 is 1.35 bits per heavy atom. The Balaban J connectivity index is 1.97. The summed E-state index contributed by atoms with van der Waals surface area (Å²) in [4.78, 5) is 12.1. The highest BCUT2D eigenvalue weighted by Gasteiger charge is 2.30. The summed E-state index contributed by atoms with van der Waals surface area (Å²) in [6.45, 7) is 7.09. The molecule has 3 atom stereocenters. The number of hydrogen-bond acceptors (Lipinski definition) is 4. The van der Waals surface area contributed by atoms with Crippen molar-refractivity contribution in [2.75, 3.05) is 6.54 Å². The minimum atomic E-state index is -0.0527. The molecule has 0 aromatic heterocycles. The second kappa shape index (κ2) is 5.04. The van der Waals surface area contributed by atoms with Crippen LogP contribution in [-0.2, 0) is 4.79 Å². The van der Waals surface area contributed by atoms with E-state index in [-0.39, 0.29) is 11.8 Å². The van der Waals surface area contributed by atoms with Crippen LogP contribution >= 0.6 is 0 Å². The lowest BCUT2D eigenvalue weighted by molar-refractivity contribution is -0.122. The number of hydrogen-bond donors (Lipinski definition) is 2. The molecule has 0 aromatic rings. The highest BCUT2D eigenvalue weighted by molar-refractivity contribution is 6.39. The molecule has 0 saturated carbocycles. The molecule has 2 heterocycles. The largest absolute Gasteiger partial charge is 0.309 e. The van der Waals surface area contributed by atoms with Crippen molar-refractivity contribution < 1.29 is 4.79 Å². The van der Waals surface area contributed by atoms with Crippen LogP contribution in [0.2, 0.25) is 0 Å². The average Bonchev–Trinajstić information content (AvgIpc) is 2.70. The molecule has 96 valence electrons. The van der Waals surface area contributed by atoms with Gasteiger partial charge >= 0.3 is 0 Å². The highest BCUT2D eigenvalue weighted by Crippen LogP contribution is 2.20. The molecule has 2 N–H and O–H groups in total. The Morgan fingerprint density at radius 3 is 2.53 bits per heavy atom. The lowest BCUT2D eigenvalue weighted by Gasteiger charge is -2.38. The number of amides is 1. The summed E-state index contributed by atoms with van der Waals surface area (Å²) in [6.07, 6.45) is 3.53. The molecular formula is C12H22N4O. The molecule has 0 radical (unpaired) electrons. The maximum atomic E-state index is 12.1. The zero-order valence-electron chi connectivity index (χ0n) is 10.9. The number of hydrazone groups is 1. The Labute approximate surface area is 103 Å². The smallest absolute Gasteiger partial charge is 0.282 e. The topological polar surface area (TPSA) is 56.7 Å². The van der Waals surface area contributed by atoms with Crippen molar-refractivity contribution in [1.82, 2.24) is 15.9 Å². The molecule has 2 rings (SSSR count). The monoisotopic (exact) mass is 238 g/mol. The molecular weight excluding hydrogens is 216 g/mol. The quantitative estimate of drug-likeness (QED) is 0.750. The van der Waals surface area contributed by atoms with Crippen LogP contribution in [0.5, 0.6) is 0 Å². The molecule has 5 heteroatoms. The van der Waals surface area contributed by atoms with E-state index in [2.05, 4.69) is 34.8 Å². The molecule has 2 aliphatic heterocycles. The Bertz CT molecular complexity index is 318. The van der Waals surface area contributed by atoms with Gasteiger partial charge in [-0.2, -0.15) is 5.10 Å². The molecule has 0 spiro atoms. The van der Waals surface area contributed by atoms with E-state index in [1.807, 2.05) is 6.92 Å². The fourth-order valence-corrected chi connectivity index (χ4v) is 2.57. The van der Waals surface area contributed by atoms with Crippen molar-refractivity contribution in [1.29, 1.82) is 0 Å². The van der Waals surface area contributed by atoms with E-state index < -0.39 is 0 Å². The summed E-state index contributed by atoms with van der Waals surface area (Å²) in [7, 11) is 0. The lowest BCUT2D eigenvalue weighted by atomic mass is 9.99. The first-order valence-electron chi connectivity index (χ1n) is 6.49. The van der Waals surface area contributed by atoms with Crippen molar-refractivity contribution in [2.45, 2.75) is 52.1 Å². The highest BCUT2D eigenvalue weighted by atomic mass is 16.2. The van der Waals surface area contributed by atoms with E-state index in [4.69, 9.17) is 0 Å². The Hall–Kier alpha value is -1.10. The summed E-state index contributed by atoms with van der Waals surface area (Å²) in [6, 6.07) is 0.820. The van der Waals surface area contributed by atoms with Crippen LogP contribution < -0.4 is 10.9 Å². The summed E-state index contributed by atoms with van der Waals surface area (Å²) in [5.74, 6) is 0.147. The van der Waals surface area contributed by atoms with Crippen molar-refractivity contribution in [2.24, 2.45) is 11.0 Å². The molecule has 5 nitrogen and oxygen atoms in total. The second-order valence-corrected chi connectivity index (χ2v) is 5.24. The fourth-order valence-electron chi connectivity index (χ4n) is 2.57. The minimum absolute atomic E-state index is 0.0527. The van der Waals surface area contributed by atoms with Gasteiger partial charge in [-0.3, -0.25) is 10.2 Å². The van der Waals surface area contributed by atoms with Crippen LogP contribution in [0.4, 0.5) is 0 Å². The van der Waals surface area contributed by atoms with Crippen LogP contribution in [0, 0.1) is 5.92 Å². The molecule has 0 aliphatic carbocycles. The number of nitrogens with zero attached hydrogens (tertiary/aromatic N) is 2. The number of carbonyl (C=O) groups excluding carboxylic acids is 1. The van der Waals surface area contributed by atoms with Crippen LogP contribution in [0.3, 0.4) is 0 Å². The van der Waals surface area contributed by atoms with Gasteiger partial charge in [0.25, 0.3) is 5.91 Å². The van der Waals surface area contributed by atoms with E-state index in [1.165, 1.54) is 6.42 Å². The summed E-state index contributed by atoms with van der Waals surface area (Å²) in [5.41, 5.74) is 6.51. The molecule has 17 heavy (non-hydrogen) atoms. The number of rotatable bonds is 2. The number of nitrogens with one attached hydrogen (secondary N) is 2. The van der Waals surface area contributed by atoms with Gasteiger partial charge in [0.05, 0.1) is 0 Å². The molecule has 1 amide bonds. The normalized spacial score (nSPS) is 34.1. The van der Waals surface area contributed by atoms with Crippen LogP contribution in [0.25, 0.3) is 0 Å². The van der Waals surface area contributed by atoms with Gasteiger partial charge in [-0.05, 0) is 26.7 Å². The summed E-state index contributed by atoms with van der Waals surface area (Å²) < 4.78 is 0. The van der Waals surface area contributed by atoms with Gasteiger partial charge in [0.2, 0.25) is 0 Å². The standard InChI is InChI=1S/C12H22N4O/c1-8-7-13-14-11(8)12(17)15-16-9(2)5-4-6-10(16)3/h8-10,13H,4-7H2,1-3H3,(H,15,17)/t8?,9-,10+. The first-order chi connectivity index (χ1) is 8.09. The van der Waals surface area contributed by atoms with Gasteiger partial charge in [-0.1, -0.05) is 13.3 Å². The second-order valence-electron chi connectivity index (χ2n) is 5.24. The van der Waals surface area contributed by atoms with Gasteiger partial charge in [0.15, 0.2) is 0 Å². The third-order valence-electron chi connectivity index (χ3n) is 3.72. The van der Waals surface area contributed by atoms with Crippen molar-refractivity contribution in [3.05, 3.63) is 0 Å². The maximum Gasteiger partial charge on any atom is 0.282 e. The maximum absolute atomic E-state index is 12.1. The third kappa shape index (κ3) is 2.60. The molecule has 2 aliphatic rings. The van der Waals surface area contributed by atoms with Gasteiger partial charge in [-0.15, -0.1) is 0 Å². The first kappa shape index (κ1) is 12.4. The predicted octanol–water partition coefficient (Wildman–Crippen LogP) is 0.876. The van der Waals surface area contributed by atoms with Crippen molar-refractivity contribution in [3.63, 3.8) is 0 Å². The zero-order valence-corrected chi connectivity index (χ0v) is 10.9. The zero-order chi connectivity index (χ0) is 12.4.